The molecule has 0 spiro atoms. The number of benzene rings is 1. The van der Waals surface area contributed by atoms with Gasteiger partial charge in [0.15, 0.2) is 5.75 Å². The first kappa shape index (κ1) is 16.1. The lowest BCUT2D eigenvalue weighted by Crippen LogP contribution is -2.26. The predicted molar refractivity (Wildman–Crippen MR) is 77.4 cm³/mol. The lowest BCUT2D eigenvalue weighted by Gasteiger charge is -2.18. The van der Waals surface area contributed by atoms with Gasteiger partial charge in [-0.25, -0.2) is 0 Å². The molecule has 0 radical (unpaired) electrons. The number of carbonyl (C=O) groups is 1. The molecule has 21 heavy (non-hydrogen) atoms. The number of carbonyl (C=O) groups excluding carboxylic acids is 1. The first-order chi connectivity index (χ1) is 9.95. The lowest BCUT2D eigenvalue weighted by molar-refractivity contribution is -0.120. The van der Waals surface area contributed by atoms with E-state index in [1.807, 2.05) is 0 Å². The number of halogens is 4. The molecule has 1 atom stereocenters. The van der Waals surface area contributed by atoms with Crippen LogP contribution in [-0.2, 0) is 4.79 Å². The number of anilines is 1. The van der Waals surface area contributed by atoms with E-state index in [0.29, 0.717) is 18.7 Å². The summed E-state index contributed by atoms with van der Waals surface area (Å²) in [5.74, 6) is -0.280. The fourth-order valence-corrected chi connectivity index (χ4v) is 2.75. The van der Waals surface area contributed by atoms with Crippen molar-refractivity contribution in [2.45, 2.75) is 31.9 Å². The first-order valence-corrected chi connectivity index (χ1v) is 7.18. The van der Waals surface area contributed by atoms with Crippen molar-refractivity contribution in [3.63, 3.8) is 0 Å². The van der Waals surface area contributed by atoms with Gasteiger partial charge in [0.25, 0.3) is 0 Å². The highest BCUT2D eigenvalue weighted by Crippen LogP contribution is 2.37. The summed E-state index contributed by atoms with van der Waals surface area (Å²) >= 11 is 11.8. The maximum absolute atomic E-state index is 12.2. The zero-order chi connectivity index (χ0) is 15.4. The van der Waals surface area contributed by atoms with Gasteiger partial charge >= 0.3 is 6.61 Å². The third-order valence-corrected chi connectivity index (χ3v) is 3.62. The van der Waals surface area contributed by atoms with Crippen molar-refractivity contribution in [1.29, 1.82) is 0 Å². The normalized spacial score (nSPS) is 19.1. The van der Waals surface area contributed by atoms with E-state index < -0.39 is 6.61 Å². The molecule has 4 nitrogen and oxygen atoms in total. The Balaban J connectivity index is 2.11. The van der Waals surface area contributed by atoms with Crippen LogP contribution in [0.5, 0.6) is 5.75 Å². The lowest BCUT2D eigenvalue weighted by atomic mass is 10.1. The van der Waals surface area contributed by atoms with E-state index >= 15 is 0 Å². The van der Waals surface area contributed by atoms with Gasteiger partial charge in [-0.3, -0.25) is 4.79 Å². The highest BCUT2D eigenvalue weighted by Gasteiger charge is 2.19. The number of rotatable bonds is 4. The molecule has 0 saturated carbocycles. The number of hydrogen-bond donors (Lipinski definition) is 2. The van der Waals surface area contributed by atoms with Crippen LogP contribution in [0.25, 0.3) is 0 Å². The third kappa shape index (κ3) is 4.61. The van der Waals surface area contributed by atoms with Gasteiger partial charge in [-0.1, -0.05) is 23.2 Å². The molecule has 0 aliphatic carbocycles. The van der Waals surface area contributed by atoms with E-state index in [4.69, 9.17) is 23.2 Å². The Labute approximate surface area is 130 Å². The summed E-state index contributed by atoms with van der Waals surface area (Å²) in [5.41, 5.74) is 0.561. The van der Waals surface area contributed by atoms with Crippen LogP contribution >= 0.6 is 23.2 Å². The highest BCUT2D eigenvalue weighted by molar-refractivity contribution is 6.37. The summed E-state index contributed by atoms with van der Waals surface area (Å²) in [7, 11) is 0. The maximum Gasteiger partial charge on any atom is 0.387 e. The second-order valence-corrected chi connectivity index (χ2v) is 5.50. The van der Waals surface area contributed by atoms with Crippen molar-refractivity contribution >= 4 is 34.8 Å². The molecule has 0 bridgehead atoms. The molecule has 8 heteroatoms. The minimum atomic E-state index is -3.00. The summed E-state index contributed by atoms with van der Waals surface area (Å²) in [5, 5.41) is 5.90. The van der Waals surface area contributed by atoms with Crippen LogP contribution in [0, 0.1) is 0 Å². The SMILES string of the molecule is O=C1CC(Nc2cc(Cl)c(OC(F)F)c(Cl)c2)CCCN1. The van der Waals surface area contributed by atoms with Crippen LogP contribution in [0.2, 0.25) is 10.0 Å². The van der Waals surface area contributed by atoms with E-state index in [1.165, 1.54) is 12.1 Å². The number of nitrogens with one attached hydrogen (secondary N) is 2. The van der Waals surface area contributed by atoms with Gasteiger partial charge in [-0.05, 0) is 25.0 Å². The molecule has 1 fully saturated rings. The fraction of sp³-hybridized carbons (Fsp3) is 0.462. The van der Waals surface area contributed by atoms with Crippen molar-refractivity contribution in [3.8, 4) is 5.75 Å². The van der Waals surface area contributed by atoms with Gasteiger partial charge in [0.1, 0.15) is 0 Å². The molecule has 2 rings (SSSR count). The van der Waals surface area contributed by atoms with E-state index in [2.05, 4.69) is 15.4 Å². The van der Waals surface area contributed by atoms with Crippen LogP contribution < -0.4 is 15.4 Å². The van der Waals surface area contributed by atoms with Gasteiger partial charge in [0.2, 0.25) is 5.91 Å². The molecule has 1 aliphatic rings. The molecule has 0 aromatic heterocycles. The van der Waals surface area contributed by atoms with Crippen LogP contribution in [0.4, 0.5) is 14.5 Å². The van der Waals surface area contributed by atoms with Gasteiger partial charge in [-0.2, -0.15) is 8.78 Å². The smallest absolute Gasteiger partial charge is 0.387 e. The zero-order valence-corrected chi connectivity index (χ0v) is 12.5. The van der Waals surface area contributed by atoms with Crippen LogP contribution in [0.15, 0.2) is 12.1 Å². The average molecular weight is 339 g/mol. The molecule has 1 amide bonds. The molecule has 1 aromatic carbocycles. The highest BCUT2D eigenvalue weighted by atomic mass is 35.5. The minimum Gasteiger partial charge on any atom is -0.432 e. The molecular weight excluding hydrogens is 325 g/mol. The molecule has 1 aromatic rings. The van der Waals surface area contributed by atoms with Gasteiger partial charge in [0.05, 0.1) is 10.0 Å². The van der Waals surface area contributed by atoms with Gasteiger partial charge in [0, 0.05) is 24.7 Å². The van der Waals surface area contributed by atoms with Crippen molar-refractivity contribution in [1.82, 2.24) is 5.32 Å². The van der Waals surface area contributed by atoms with E-state index in [-0.39, 0.29) is 27.7 Å². The Hall–Kier alpha value is -1.27. The molecule has 1 aliphatic heterocycles. The third-order valence-electron chi connectivity index (χ3n) is 3.06. The van der Waals surface area contributed by atoms with Crippen molar-refractivity contribution in [2.75, 3.05) is 11.9 Å². The summed E-state index contributed by atoms with van der Waals surface area (Å²) in [6.07, 6.45) is 2.01. The summed E-state index contributed by atoms with van der Waals surface area (Å²) in [6.45, 7) is -2.34. The molecule has 1 saturated heterocycles. The van der Waals surface area contributed by atoms with E-state index in [0.717, 1.165) is 12.8 Å². The standard InChI is InChI=1S/C13H14Cl2F2N2O2/c14-9-4-8(5-10(15)12(9)21-13(16)17)19-7-2-1-3-18-11(20)6-7/h4-5,7,13,19H,1-3,6H2,(H,18,20). The number of alkyl halides is 2. The van der Waals surface area contributed by atoms with Crippen molar-refractivity contribution in [2.24, 2.45) is 0 Å². The Bertz CT molecular complexity index is 506. The largest absolute Gasteiger partial charge is 0.432 e. The molecule has 116 valence electrons. The van der Waals surface area contributed by atoms with E-state index in [1.54, 1.807) is 0 Å². The number of hydrogen-bond acceptors (Lipinski definition) is 3. The molecule has 1 heterocycles. The van der Waals surface area contributed by atoms with Crippen LogP contribution in [0.3, 0.4) is 0 Å². The van der Waals surface area contributed by atoms with Crippen molar-refractivity contribution < 1.29 is 18.3 Å². The second kappa shape index (κ2) is 7.13. The Morgan fingerprint density at radius 3 is 2.62 bits per heavy atom. The second-order valence-electron chi connectivity index (χ2n) is 4.69. The van der Waals surface area contributed by atoms with Crippen molar-refractivity contribution in [3.05, 3.63) is 22.2 Å². The Morgan fingerprint density at radius 2 is 2.00 bits per heavy atom. The quantitative estimate of drug-likeness (QED) is 0.880. The number of amides is 1. The first-order valence-electron chi connectivity index (χ1n) is 6.43. The fourth-order valence-electron chi connectivity index (χ4n) is 2.18. The van der Waals surface area contributed by atoms with Crippen LogP contribution in [0.1, 0.15) is 19.3 Å². The maximum atomic E-state index is 12.2. The Morgan fingerprint density at radius 1 is 1.33 bits per heavy atom. The summed E-state index contributed by atoms with van der Waals surface area (Å²) in [6, 6.07) is 2.85. The predicted octanol–water partition coefficient (Wildman–Crippen LogP) is 3.68. The molecule has 2 N–H and O–H groups in total. The van der Waals surface area contributed by atoms with Gasteiger partial charge < -0.3 is 15.4 Å². The summed E-state index contributed by atoms with van der Waals surface area (Å²) in [4.78, 5) is 11.5. The number of ether oxygens (including phenoxy) is 1. The monoisotopic (exact) mass is 338 g/mol. The van der Waals surface area contributed by atoms with E-state index in [9.17, 15) is 13.6 Å². The van der Waals surface area contributed by atoms with Gasteiger partial charge in [-0.15, -0.1) is 0 Å². The minimum absolute atomic E-state index is 0.0108. The summed E-state index contributed by atoms with van der Waals surface area (Å²) < 4.78 is 28.8. The van der Waals surface area contributed by atoms with Crippen LogP contribution in [-0.4, -0.2) is 25.1 Å². The molecule has 1 unspecified atom stereocenters. The zero-order valence-electron chi connectivity index (χ0n) is 11.0. The Kier molecular flexibility index (Phi) is 5.47. The topological polar surface area (TPSA) is 50.4 Å². The average Bonchev–Trinajstić information content (AvgIpc) is 2.58. The molecular formula is C13H14Cl2F2N2O2.